The van der Waals surface area contributed by atoms with Gasteiger partial charge >= 0.3 is 6.09 Å². The number of nitrogens with one attached hydrogen (secondary N) is 2. The second-order valence-corrected chi connectivity index (χ2v) is 7.30. The molecule has 4 N–H and O–H groups in total. The van der Waals surface area contributed by atoms with Gasteiger partial charge in [0.1, 0.15) is 5.60 Å². The zero-order chi connectivity index (χ0) is 20.2. The van der Waals surface area contributed by atoms with Crippen molar-refractivity contribution in [2.75, 3.05) is 18.4 Å². The molecule has 0 saturated heterocycles. The fourth-order valence-electron chi connectivity index (χ4n) is 2.62. The second-order valence-electron chi connectivity index (χ2n) is 7.30. The molecule has 0 spiro atoms. The lowest BCUT2D eigenvalue weighted by molar-refractivity contribution is -0.111. The Hall–Kier alpha value is -3.09. The SMILES string of the molecule is C=CC(=O)Nc1cccc(C(=N)C2=C(N)CCN(C(=O)OC(C)(C)C)C2)c1. The quantitative estimate of drug-likeness (QED) is 0.559. The minimum absolute atomic E-state index is 0.211. The summed E-state index contributed by atoms with van der Waals surface area (Å²) in [4.78, 5) is 25.4. The van der Waals surface area contributed by atoms with Crippen LogP contribution < -0.4 is 11.1 Å². The summed E-state index contributed by atoms with van der Waals surface area (Å²) >= 11 is 0. The number of hydrogen-bond acceptors (Lipinski definition) is 5. The van der Waals surface area contributed by atoms with Crippen molar-refractivity contribution in [2.45, 2.75) is 32.8 Å². The normalized spacial score (nSPS) is 14.6. The van der Waals surface area contributed by atoms with E-state index in [1.807, 2.05) is 20.8 Å². The summed E-state index contributed by atoms with van der Waals surface area (Å²) in [6, 6.07) is 6.92. The first-order valence-corrected chi connectivity index (χ1v) is 8.69. The lowest BCUT2D eigenvalue weighted by atomic mass is 9.96. The number of nitrogens with zero attached hydrogens (tertiary/aromatic N) is 1. The molecule has 0 unspecified atom stereocenters. The highest BCUT2D eigenvalue weighted by Crippen LogP contribution is 2.22. The lowest BCUT2D eigenvalue weighted by Gasteiger charge is -2.32. The van der Waals surface area contributed by atoms with Gasteiger partial charge in [-0.25, -0.2) is 4.79 Å². The Bertz CT molecular complexity index is 806. The van der Waals surface area contributed by atoms with Gasteiger partial charge in [0.25, 0.3) is 0 Å². The van der Waals surface area contributed by atoms with E-state index in [4.69, 9.17) is 15.9 Å². The van der Waals surface area contributed by atoms with Crippen molar-refractivity contribution < 1.29 is 14.3 Å². The van der Waals surface area contributed by atoms with E-state index in [0.29, 0.717) is 35.5 Å². The minimum Gasteiger partial charge on any atom is -0.444 e. The highest BCUT2D eigenvalue weighted by atomic mass is 16.6. The maximum absolute atomic E-state index is 12.3. The maximum atomic E-state index is 12.3. The summed E-state index contributed by atoms with van der Waals surface area (Å²) in [5.74, 6) is -0.328. The van der Waals surface area contributed by atoms with Gasteiger partial charge in [0.15, 0.2) is 0 Å². The molecule has 7 nitrogen and oxygen atoms in total. The van der Waals surface area contributed by atoms with Gasteiger partial charge in [0.05, 0.1) is 12.3 Å². The molecule has 0 aliphatic carbocycles. The van der Waals surface area contributed by atoms with Crippen LogP contribution in [0.15, 0.2) is 48.2 Å². The van der Waals surface area contributed by atoms with Gasteiger partial charge in [-0.05, 0) is 39.0 Å². The van der Waals surface area contributed by atoms with E-state index in [0.717, 1.165) is 0 Å². The second kappa shape index (κ2) is 8.07. The van der Waals surface area contributed by atoms with Crippen molar-refractivity contribution >= 4 is 23.4 Å². The van der Waals surface area contributed by atoms with Crippen LogP contribution in [0.1, 0.15) is 32.8 Å². The zero-order valence-electron chi connectivity index (χ0n) is 16.0. The molecule has 7 heteroatoms. The molecule has 27 heavy (non-hydrogen) atoms. The summed E-state index contributed by atoms with van der Waals surface area (Å²) in [5, 5.41) is 11.2. The van der Waals surface area contributed by atoms with E-state index >= 15 is 0 Å². The molecule has 2 amide bonds. The Morgan fingerprint density at radius 2 is 2.07 bits per heavy atom. The summed E-state index contributed by atoms with van der Waals surface area (Å²) in [5.41, 5.74) is 8.08. The molecular formula is C20H26N4O3. The molecule has 2 rings (SSSR count). The van der Waals surface area contributed by atoms with Gasteiger partial charge in [-0.3, -0.25) is 10.2 Å². The Labute approximate surface area is 159 Å². The van der Waals surface area contributed by atoms with E-state index < -0.39 is 11.7 Å². The van der Waals surface area contributed by atoms with Crippen LogP contribution >= 0.6 is 0 Å². The smallest absolute Gasteiger partial charge is 0.410 e. The third-order valence-electron chi connectivity index (χ3n) is 3.95. The summed E-state index contributed by atoms with van der Waals surface area (Å²) in [6.07, 6.45) is 1.23. The molecule has 0 atom stereocenters. The zero-order valence-corrected chi connectivity index (χ0v) is 16.0. The van der Waals surface area contributed by atoms with Crippen LogP contribution in [0.4, 0.5) is 10.5 Å². The van der Waals surface area contributed by atoms with Crippen molar-refractivity contribution in [3.8, 4) is 0 Å². The third-order valence-corrected chi connectivity index (χ3v) is 3.95. The van der Waals surface area contributed by atoms with Crippen LogP contribution in [0.3, 0.4) is 0 Å². The molecule has 0 bridgehead atoms. The summed E-state index contributed by atoms with van der Waals surface area (Å²) in [7, 11) is 0. The van der Waals surface area contributed by atoms with Gasteiger partial charge in [0, 0.05) is 35.5 Å². The van der Waals surface area contributed by atoms with Crippen LogP contribution in [0.25, 0.3) is 0 Å². The molecule has 1 aromatic rings. The molecule has 1 aromatic carbocycles. The van der Waals surface area contributed by atoms with Crippen molar-refractivity contribution in [3.05, 3.63) is 53.8 Å². The average Bonchev–Trinajstić information content (AvgIpc) is 2.60. The number of hydrogen-bond donors (Lipinski definition) is 3. The Balaban J connectivity index is 2.19. The summed E-state index contributed by atoms with van der Waals surface area (Å²) < 4.78 is 5.42. The predicted octanol–water partition coefficient (Wildman–Crippen LogP) is 3.03. The number of amides is 2. The van der Waals surface area contributed by atoms with Crippen molar-refractivity contribution in [1.82, 2.24) is 4.90 Å². The van der Waals surface area contributed by atoms with Crippen LogP contribution in [0.5, 0.6) is 0 Å². The van der Waals surface area contributed by atoms with Gasteiger partial charge in [-0.1, -0.05) is 18.7 Å². The molecular weight excluding hydrogens is 344 g/mol. The molecule has 144 valence electrons. The molecule has 1 aliphatic rings. The first kappa shape index (κ1) is 20.2. The topological polar surface area (TPSA) is 109 Å². The Morgan fingerprint density at radius 3 is 2.70 bits per heavy atom. The number of carbonyl (C=O) groups excluding carboxylic acids is 2. The number of anilines is 1. The fourth-order valence-corrected chi connectivity index (χ4v) is 2.62. The number of ether oxygens (including phenoxy) is 1. The summed E-state index contributed by atoms with van der Waals surface area (Å²) in [6.45, 7) is 9.51. The highest BCUT2D eigenvalue weighted by molar-refractivity contribution is 6.12. The molecule has 1 aliphatic heterocycles. The molecule has 0 saturated carbocycles. The van der Waals surface area contributed by atoms with E-state index in [1.54, 1.807) is 29.2 Å². The Morgan fingerprint density at radius 1 is 1.37 bits per heavy atom. The molecule has 0 fully saturated rings. The largest absolute Gasteiger partial charge is 0.444 e. The predicted molar refractivity (Wildman–Crippen MR) is 106 cm³/mol. The van der Waals surface area contributed by atoms with Gasteiger partial charge < -0.3 is 20.7 Å². The maximum Gasteiger partial charge on any atom is 0.410 e. The molecule has 1 heterocycles. The van der Waals surface area contributed by atoms with E-state index in [9.17, 15) is 9.59 Å². The number of carbonyl (C=O) groups is 2. The van der Waals surface area contributed by atoms with Crippen molar-refractivity contribution in [3.63, 3.8) is 0 Å². The number of nitrogens with two attached hydrogens (primary N) is 1. The fraction of sp³-hybridized carbons (Fsp3) is 0.350. The Kier molecular flexibility index (Phi) is 6.05. The minimum atomic E-state index is -0.588. The lowest BCUT2D eigenvalue weighted by Crippen LogP contribution is -2.42. The van der Waals surface area contributed by atoms with Crippen LogP contribution in [0, 0.1) is 5.41 Å². The van der Waals surface area contributed by atoms with E-state index in [-0.39, 0.29) is 18.2 Å². The van der Waals surface area contributed by atoms with Crippen molar-refractivity contribution in [2.24, 2.45) is 5.73 Å². The average molecular weight is 370 g/mol. The molecule has 0 aromatic heterocycles. The third kappa shape index (κ3) is 5.44. The standard InChI is InChI=1S/C20H26N4O3/c1-5-17(25)23-14-8-6-7-13(11-14)18(22)15-12-24(10-9-16(15)21)19(26)27-20(2,3)4/h5-8,11,22H,1,9-10,12,21H2,2-4H3,(H,23,25). The van der Waals surface area contributed by atoms with Gasteiger partial charge in [-0.15, -0.1) is 0 Å². The van der Waals surface area contributed by atoms with Crippen LogP contribution in [-0.2, 0) is 9.53 Å². The highest BCUT2D eigenvalue weighted by Gasteiger charge is 2.28. The van der Waals surface area contributed by atoms with Gasteiger partial charge in [-0.2, -0.15) is 0 Å². The monoisotopic (exact) mass is 370 g/mol. The number of rotatable bonds is 4. The van der Waals surface area contributed by atoms with Crippen molar-refractivity contribution in [1.29, 1.82) is 5.41 Å². The van der Waals surface area contributed by atoms with E-state index in [2.05, 4.69) is 11.9 Å². The first-order valence-electron chi connectivity index (χ1n) is 8.69. The number of benzene rings is 1. The van der Waals surface area contributed by atoms with Gasteiger partial charge in [0.2, 0.25) is 5.91 Å². The van der Waals surface area contributed by atoms with E-state index in [1.165, 1.54) is 6.08 Å². The molecule has 0 radical (unpaired) electrons. The first-order chi connectivity index (χ1) is 12.6. The van der Waals surface area contributed by atoms with Crippen LogP contribution in [-0.4, -0.2) is 41.3 Å². The van der Waals surface area contributed by atoms with Crippen LogP contribution in [0.2, 0.25) is 0 Å².